The number of aliphatic hydroxyl groups is 2. The van der Waals surface area contributed by atoms with Crippen molar-refractivity contribution in [1.82, 2.24) is 15.2 Å². The average molecular weight is 369 g/mol. The Labute approximate surface area is 159 Å². The molecule has 1 aromatic carbocycles. The van der Waals surface area contributed by atoms with Crippen LogP contribution in [0.25, 0.3) is 10.9 Å². The highest BCUT2D eigenvalue weighted by Crippen LogP contribution is 2.39. The molecular formula is C21H27N3O3. The Balaban J connectivity index is 1.58. The van der Waals surface area contributed by atoms with E-state index in [2.05, 4.69) is 21.3 Å². The normalized spacial score (nSPS) is 26.3. The first-order chi connectivity index (χ1) is 12.9. The van der Waals surface area contributed by atoms with Crippen LogP contribution in [0, 0.1) is 5.92 Å². The number of benzene rings is 1. The standard InChI is InChI=1S/C21H27N3O3/c1-24-8-6-21(27,7-9-24)20(26)23-19(15-11-17(25)12-15)16-10-14-4-2-3-5-18(14)22-13-16/h2-5,10,13,15,17,19,25,27H,6-9,11-12H2,1H3,(H,23,26)/t15?,17?,19-/m1/s1. The van der Waals surface area contributed by atoms with E-state index in [1.165, 1.54) is 0 Å². The Hall–Kier alpha value is -2.02. The van der Waals surface area contributed by atoms with Crippen LogP contribution in [0.15, 0.2) is 36.5 Å². The molecule has 0 radical (unpaired) electrons. The molecule has 2 aromatic rings. The van der Waals surface area contributed by atoms with E-state index < -0.39 is 5.60 Å². The van der Waals surface area contributed by atoms with Crippen LogP contribution in [-0.2, 0) is 4.79 Å². The minimum Gasteiger partial charge on any atom is -0.393 e. The zero-order valence-corrected chi connectivity index (χ0v) is 15.6. The first kappa shape index (κ1) is 18.3. The maximum absolute atomic E-state index is 12.9. The van der Waals surface area contributed by atoms with Crippen LogP contribution in [0.3, 0.4) is 0 Å². The Kier molecular flexibility index (Phi) is 4.88. The van der Waals surface area contributed by atoms with Gasteiger partial charge in [-0.2, -0.15) is 0 Å². The second-order valence-corrected chi connectivity index (χ2v) is 8.13. The molecule has 1 aliphatic heterocycles. The number of aliphatic hydroxyl groups excluding tert-OH is 1. The van der Waals surface area contributed by atoms with Crippen molar-refractivity contribution < 1.29 is 15.0 Å². The molecule has 3 N–H and O–H groups in total. The van der Waals surface area contributed by atoms with Crippen LogP contribution >= 0.6 is 0 Å². The molecule has 1 saturated carbocycles. The van der Waals surface area contributed by atoms with Crippen LogP contribution in [0.1, 0.15) is 37.3 Å². The van der Waals surface area contributed by atoms with Gasteiger partial charge in [0.25, 0.3) is 5.91 Å². The van der Waals surface area contributed by atoms with Gasteiger partial charge >= 0.3 is 0 Å². The van der Waals surface area contributed by atoms with E-state index in [9.17, 15) is 15.0 Å². The lowest BCUT2D eigenvalue weighted by molar-refractivity contribution is -0.146. The summed E-state index contributed by atoms with van der Waals surface area (Å²) < 4.78 is 0. The lowest BCUT2D eigenvalue weighted by Gasteiger charge is -2.41. The molecule has 1 atom stereocenters. The van der Waals surface area contributed by atoms with Crippen molar-refractivity contribution in [2.45, 2.75) is 43.4 Å². The van der Waals surface area contributed by atoms with E-state index in [-0.39, 0.29) is 24.0 Å². The number of carbonyl (C=O) groups is 1. The van der Waals surface area contributed by atoms with Gasteiger partial charge in [-0.3, -0.25) is 9.78 Å². The van der Waals surface area contributed by atoms with Gasteiger partial charge < -0.3 is 20.4 Å². The van der Waals surface area contributed by atoms with Gasteiger partial charge in [-0.15, -0.1) is 0 Å². The fraction of sp³-hybridized carbons (Fsp3) is 0.524. The number of pyridine rings is 1. The summed E-state index contributed by atoms with van der Waals surface area (Å²) in [6.07, 6.45) is 3.67. The van der Waals surface area contributed by atoms with Crippen LogP contribution < -0.4 is 5.32 Å². The molecule has 2 heterocycles. The molecule has 1 aromatic heterocycles. The third kappa shape index (κ3) is 3.70. The van der Waals surface area contributed by atoms with Crippen LogP contribution in [-0.4, -0.2) is 57.8 Å². The van der Waals surface area contributed by atoms with Gasteiger partial charge in [-0.1, -0.05) is 18.2 Å². The van der Waals surface area contributed by atoms with E-state index in [0.29, 0.717) is 38.8 Å². The number of nitrogens with zero attached hydrogens (tertiary/aromatic N) is 2. The second kappa shape index (κ2) is 7.19. The van der Waals surface area contributed by atoms with E-state index in [0.717, 1.165) is 16.5 Å². The number of aromatic nitrogens is 1. The molecule has 0 bridgehead atoms. The SMILES string of the molecule is CN1CCC(O)(C(=O)N[C@@H](c2cnc3ccccc3c2)C2CC(O)C2)CC1. The first-order valence-electron chi connectivity index (χ1n) is 9.69. The smallest absolute Gasteiger partial charge is 0.252 e. The highest BCUT2D eigenvalue weighted by Gasteiger charge is 2.42. The number of hydrogen-bond acceptors (Lipinski definition) is 5. The molecule has 0 unspecified atom stereocenters. The van der Waals surface area contributed by atoms with E-state index in [1.54, 1.807) is 6.20 Å². The van der Waals surface area contributed by atoms with Gasteiger partial charge in [0, 0.05) is 24.7 Å². The number of carbonyl (C=O) groups excluding carboxylic acids is 1. The summed E-state index contributed by atoms with van der Waals surface area (Å²) in [6, 6.07) is 9.69. The molecule has 4 rings (SSSR count). The first-order valence-corrected chi connectivity index (χ1v) is 9.69. The number of para-hydroxylation sites is 1. The summed E-state index contributed by atoms with van der Waals surface area (Å²) in [5, 5.41) is 24.7. The second-order valence-electron chi connectivity index (χ2n) is 8.13. The molecule has 1 amide bonds. The van der Waals surface area contributed by atoms with E-state index in [4.69, 9.17) is 0 Å². The Morgan fingerprint density at radius 2 is 2.00 bits per heavy atom. The summed E-state index contributed by atoms with van der Waals surface area (Å²) in [5.41, 5.74) is 0.515. The van der Waals surface area contributed by atoms with Crippen molar-refractivity contribution in [3.63, 3.8) is 0 Å². The van der Waals surface area contributed by atoms with Crippen LogP contribution in [0.2, 0.25) is 0 Å². The van der Waals surface area contributed by atoms with Gasteiger partial charge in [0.1, 0.15) is 5.60 Å². The van der Waals surface area contributed by atoms with Crippen molar-refractivity contribution in [1.29, 1.82) is 0 Å². The summed E-state index contributed by atoms with van der Waals surface area (Å²) in [7, 11) is 2.00. The number of nitrogens with one attached hydrogen (secondary N) is 1. The molecule has 1 saturated heterocycles. The number of fused-ring (bicyclic) bond motifs is 1. The van der Waals surface area contributed by atoms with Crippen molar-refractivity contribution in [3.8, 4) is 0 Å². The minimum absolute atomic E-state index is 0.154. The fourth-order valence-corrected chi connectivity index (χ4v) is 4.12. The topological polar surface area (TPSA) is 85.7 Å². The number of rotatable bonds is 4. The average Bonchev–Trinajstić information content (AvgIpc) is 2.66. The molecule has 1 aliphatic carbocycles. The van der Waals surface area contributed by atoms with Gasteiger partial charge in [0.2, 0.25) is 0 Å². The molecule has 6 heteroatoms. The highest BCUT2D eigenvalue weighted by atomic mass is 16.3. The van der Waals surface area contributed by atoms with Crippen LogP contribution in [0.5, 0.6) is 0 Å². The maximum atomic E-state index is 12.9. The summed E-state index contributed by atoms with van der Waals surface area (Å²) in [6.45, 7) is 1.41. The van der Waals surface area contributed by atoms with Gasteiger partial charge in [0.05, 0.1) is 17.7 Å². The van der Waals surface area contributed by atoms with Crippen molar-refractivity contribution in [2.75, 3.05) is 20.1 Å². The predicted molar refractivity (Wildman–Crippen MR) is 103 cm³/mol. The van der Waals surface area contributed by atoms with Crippen molar-refractivity contribution >= 4 is 16.8 Å². The Bertz CT molecular complexity index is 826. The van der Waals surface area contributed by atoms with Gasteiger partial charge in [-0.25, -0.2) is 0 Å². The largest absolute Gasteiger partial charge is 0.393 e. The number of piperidine rings is 1. The summed E-state index contributed by atoms with van der Waals surface area (Å²) in [4.78, 5) is 19.6. The minimum atomic E-state index is -1.32. The quantitative estimate of drug-likeness (QED) is 0.763. The zero-order chi connectivity index (χ0) is 19.0. The Morgan fingerprint density at radius 3 is 2.70 bits per heavy atom. The molecule has 144 valence electrons. The van der Waals surface area contributed by atoms with Gasteiger partial charge in [0.15, 0.2) is 0 Å². The molecule has 0 spiro atoms. The van der Waals surface area contributed by atoms with Crippen molar-refractivity contribution in [3.05, 3.63) is 42.1 Å². The van der Waals surface area contributed by atoms with Crippen molar-refractivity contribution in [2.24, 2.45) is 5.92 Å². The number of amides is 1. The molecule has 6 nitrogen and oxygen atoms in total. The lowest BCUT2D eigenvalue weighted by atomic mass is 9.75. The van der Waals surface area contributed by atoms with Crippen LogP contribution in [0.4, 0.5) is 0 Å². The van der Waals surface area contributed by atoms with E-state index >= 15 is 0 Å². The molecule has 2 fully saturated rings. The highest BCUT2D eigenvalue weighted by molar-refractivity contribution is 5.86. The van der Waals surface area contributed by atoms with Gasteiger partial charge in [-0.05, 0) is 56.3 Å². The number of likely N-dealkylation sites (tertiary alicyclic amines) is 1. The monoisotopic (exact) mass is 369 g/mol. The number of hydrogen-bond donors (Lipinski definition) is 3. The summed E-state index contributed by atoms with van der Waals surface area (Å²) >= 11 is 0. The van der Waals surface area contributed by atoms with E-state index in [1.807, 2.05) is 31.3 Å². The molecular weight excluding hydrogens is 342 g/mol. The molecule has 27 heavy (non-hydrogen) atoms. The third-order valence-electron chi connectivity index (χ3n) is 6.12. The molecule has 2 aliphatic rings. The maximum Gasteiger partial charge on any atom is 0.252 e. The predicted octanol–water partition coefficient (Wildman–Crippen LogP) is 1.62. The lowest BCUT2D eigenvalue weighted by Crippen LogP contribution is -2.55. The third-order valence-corrected chi connectivity index (χ3v) is 6.12. The zero-order valence-electron chi connectivity index (χ0n) is 15.6. The Morgan fingerprint density at radius 1 is 1.30 bits per heavy atom. The summed E-state index contributed by atoms with van der Waals surface area (Å²) in [5.74, 6) is -0.156. The fourth-order valence-electron chi connectivity index (χ4n) is 4.12.